The zero-order valence-corrected chi connectivity index (χ0v) is 19.8. The highest BCUT2D eigenvalue weighted by atomic mass is 16.5. The van der Waals surface area contributed by atoms with Crippen LogP contribution in [-0.4, -0.2) is 66.3 Å². The van der Waals surface area contributed by atoms with E-state index in [4.69, 9.17) is 4.74 Å². The first-order valence-corrected chi connectivity index (χ1v) is 11.4. The van der Waals surface area contributed by atoms with E-state index in [1.807, 2.05) is 29.2 Å². The average molecular weight is 456 g/mol. The number of nitrogens with zero attached hydrogens (tertiary/aromatic N) is 4. The van der Waals surface area contributed by atoms with E-state index in [0.29, 0.717) is 32.1 Å². The van der Waals surface area contributed by atoms with Gasteiger partial charge in [0.05, 0.1) is 32.2 Å². The molecule has 33 heavy (non-hydrogen) atoms. The second kappa shape index (κ2) is 11.5. The number of carbonyl (C=O) groups excluding carboxylic acids is 2. The van der Waals surface area contributed by atoms with E-state index in [0.717, 1.165) is 24.3 Å². The SMILES string of the molecule is CCCCOc1ccc(NC(=O)N2CCN(c3cnc(C(=O)OC)cn3)CC2C(C)C)cc1. The fourth-order valence-electron chi connectivity index (χ4n) is 3.70. The van der Waals surface area contributed by atoms with Gasteiger partial charge in [-0.1, -0.05) is 27.2 Å². The van der Waals surface area contributed by atoms with Crippen molar-refractivity contribution in [3.8, 4) is 5.75 Å². The monoisotopic (exact) mass is 455 g/mol. The molecule has 2 heterocycles. The summed E-state index contributed by atoms with van der Waals surface area (Å²) in [5.74, 6) is 1.20. The largest absolute Gasteiger partial charge is 0.494 e. The molecule has 1 unspecified atom stereocenters. The number of piperazine rings is 1. The normalized spacial score (nSPS) is 16.0. The van der Waals surface area contributed by atoms with Crippen molar-refractivity contribution in [3.63, 3.8) is 0 Å². The molecule has 2 amide bonds. The number of anilines is 2. The summed E-state index contributed by atoms with van der Waals surface area (Å²) in [4.78, 5) is 37.1. The van der Waals surface area contributed by atoms with E-state index < -0.39 is 5.97 Å². The predicted octanol–water partition coefficient (Wildman–Crippen LogP) is 3.82. The Hall–Kier alpha value is -3.36. The highest BCUT2D eigenvalue weighted by Gasteiger charge is 2.33. The molecule has 1 fully saturated rings. The van der Waals surface area contributed by atoms with E-state index in [2.05, 4.69) is 45.7 Å². The second-order valence-electron chi connectivity index (χ2n) is 8.36. The van der Waals surface area contributed by atoms with Crippen LogP contribution in [0.2, 0.25) is 0 Å². The van der Waals surface area contributed by atoms with Crippen LogP contribution in [-0.2, 0) is 4.74 Å². The summed E-state index contributed by atoms with van der Waals surface area (Å²) < 4.78 is 10.4. The molecule has 9 heteroatoms. The molecule has 1 aromatic carbocycles. The number of nitrogens with one attached hydrogen (secondary N) is 1. The van der Waals surface area contributed by atoms with Gasteiger partial charge >= 0.3 is 12.0 Å². The predicted molar refractivity (Wildman–Crippen MR) is 127 cm³/mol. The van der Waals surface area contributed by atoms with Crippen molar-refractivity contribution in [2.45, 2.75) is 39.7 Å². The molecule has 1 aromatic heterocycles. The molecule has 1 atom stereocenters. The number of benzene rings is 1. The van der Waals surface area contributed by atoms with Crippen LogP contribution in [0.3, 0.4) is 0 Å². The topological polar surface area (TPSA) is 96.9 Å². The number of hydrogen-bond acceptors (Lipinski definition) is 7. The number of esters is 1. The molecule has 2 aromatic rings. The van der Waals surface area contributed by atoms with E-state index in [9.17, 15) is 9.59 Å². The summed E-state index contributed by atoms with van der Waals surface area (Å²) in [7, 11) is 1.31. The van der Waals surface area contributed by atoms with Crippen LogP contribution in [0.4, 0.5) is 16.3 Å². The van der Waals surface area contributed by atoms with Gasteiger partial charge in [0.2, 0.25) is 0 Å². The molecule has 0 spiro atoms. The van der Waals surface area contributed by atoms with Crippen molar-refractivity contribution < 1.29 is 19.1 Å². The van der Waals surface area contributed by atoms with Gasteiger partial charge < -0.3 is 24.6 Å². The Morgan fingerprint density at radius 3 is 2.52 bits per heavy atom. The highest BCUT2D eigenvalue weighted by molar-refractivity contribution is 5.90. The van der Waals surface area contributed by atoms with Crippen molar-refractivity contribution in [2.75, 3.05) is 43.6 Å². The Morgan fingerprint density at radius 1 is 1.15 bits per heavy atom. The molecule has 0 saturated carbocycles. The summed E-state index contributed by atoms with van der Waals surface area (Å²) in [5.41, 5.74) is 0.901. The lowest BCUT2D eigenvalue weighted by molar-refractivity contribution is 0.0593. The van der Waals surface area contributed by atoms with Gasteiger partial charge in [0.25, 0.3) is 0 Å². The number of hydrogen-bond donors (Lipinski definition) is 1. The van der Waals surface area contributed by atoms with Gasteiger partial charge in [-0.05, 0) is 36.6 Å². The van der Waals surface area contributed by atoms with E-state index >= 15 is 0 Å². The molecule has 3 rings (SSSR count). The van der Waals surface area contributed by atoms with Crippen LogP contribution in [0.15, 0.2) is 36.7 Å². The van der Waals surface area contributed by atoms with Crippen molar-refractivity contribution in [1.82, 2.24) is 14.9 Å². The second-order valence-corrected chi connectivity index (χ2v) is 8.36. The van der Waals surface area contributed by atoms with Gasteiger partial charge in [0, 0.05) is 25.3 Å². The van der Waals surface area contributed by atoms with Crippen LogP contribution in [0.25, 0.3) is 0 Å². The van der Waals surface area contributed by atoms with Gasteiger partial charge in [0.15, 0.2) is 5.69 Å². The van der Waals surface area contributed by atoms with Crippen molar-refractivity contribution in [3.05, 3.63) is 42.4 Å². The van der Waals surface area contributed by atoms with Gasteiger partial charge in [-0.2, -0.15) is 0 Å². The van der Waals surface area contributed by atoms with Gasteiger partial charge in [-0.25, -0.2) is 19.6 Å². The highest BCUT2D eigenvalue weighted by Crippen LogP contribution is 2.23. The van der Waals surface area contributed by atoms with Crippen LogP contribution in [0, 0.1) is 5.92 Å². The van der Waals surface area contributed by atoms with Crippen molar-refractivity contribution in [2.24, 2.45) is 5.92 Å². The van der Waals surface area contributed by atoms with Gasteiger partial charge in [0.1, 0.15) is 11.6 Å². The van der Waals surface area contributed by atoms with E-state index in [1.165, 1.54) is 13.3 Å². The minimum absolute atomic E-state index is 0.00233. The van der Waals surface area contributed by atoms with Crippen LogP contribution in [0.1, 0.15) is 44.1 Å². The van der Waals surface area contributed by atoms with Crippen LogP contribution >= 0.6 is 0 Å². The number of urea groups is 1. The summed E-state index contributed by atoms with van der Waals surface area (Å²) in [6.45, 7) is 8.81. The first-order valence-electron chi connectivity index (χ1n) is 11.4. The van der Waals surface area contributed by atoms with E-state index in [1.54, 1.807) is 6.20 Å². The minimum Gasteiger partial charge on any atom is -0.494 e. The maximum Gasteiger partial charge on any atom is 0.358 e. The van der Waals surface area contributed by atoms with Gasteiger partial charge in [-0.15, -0.1) is 0 Å². The lowest BCUT2D eigenvalue weighted by Crippen LogP contribution is -2.58. The molecule has 0 radical (unpaired) electrons. The molecule has 9 nitrogen and oxygen atoms in total. The first kappa shape index (κ1) is 24.3. The lowest BCUT2D eigenvalue weighted by atomic mass is 10.00. The smallest absolute Gasteiger partial charge is 0.358 e. The third-order valence-electron chi connectivity index (χ3n) is 5.68. The first-order chi connectivity index (χ1) is 15.9. The number of carbonyl (C=O) groups is 2. The van der Waals surface area contributed by atoms with Crippen molar-refractivity contribution >= 4 is 23.5 Å². The summed E-state index contributed by atoms with van der Waals surface area (Å²) in [6.07, 6.45) is 5.09. The lowest BCUT2D eigenvalue weighted by Gasteiger charge is -2.43. The summed E-state index contributed by atoms with van der Waals surface area (Å²) in [6, 6.07) is 7.34. The third kappa shape index (κ3) is 6.34. The zero-order valence-electron chi connectivity index (χ0n) is 19.8. The molecule has 0 bridgehead atoms. The Kier molecular flexibility index (Phi) is 8.46. The summed E-state index contributed by atoms with van der Waals surface area (Å²) in [5, 5.41) is 3.01. The number of ether oxygens (including phenoxy) is 2. The molecular formula is C24H33N5O4. The maximum absolute atomic E-state index is 13.1. The maximum atomic E-state index is 13.1. The number of rotatable bonds is 8. The van der Waals surface area contributed by atoms with E-state index in [-0.39, 0.29) is 23.7 Å². The van der Waals surface area contributed by atoms with Crippen molar-refractivity contribution in [1.29, 1.82) is 0 Å². The Morgan fingerprint density at radius 2 is 1.91 bits per heavy atom. The number of methoxy groups -OCH3 is 1. The quantitative estimate of drug-likeness (QED) is 0.477. The molecule has 1 aliphatic heterocycles. The molecule has 0 aliphatic carbocycles. The van der Waals surface area contributed by atoms with Crippen LogP contribution < -0.4 is 15.0 Å². The summed E-state index contributed by atoms with van der Waals surface area (Å²) >= 11 is 0. The Bertz CT molecular complexity index is 917. The Balaban J connectivity index is 1.62. The molecule has 1 N–H and O–H groups in total. The number of unbranched alkanes of at least 4 members (excludes halogenated alkanes) is 1. The average Bonchev–Trinajstić information content (AvgIpc) is 2.84. The van der Waals surface area contributed by atoms with Gasteiger partial charge in [-0.3, -0.25) is 0 Å². The zero-order chi connectivity index (χ0) is 23.8. The number of amides is 2. The molecule has 1 aliphatic rings. The number of aromatic nitrogens is 2. The van der Waals surface area contributed by atoms with Crippen LogP contribution in [0.5, 0.6) is 5.75 Å². The standard InChI is InChI=1S/C24H33N5O4/c1-5-6-13-33-19-9-7-18(8-10-19)27-24(31)29-12-11-28(16-21(29)17(2)3)22-15-25-20(14-26-22)23(30)32-4/h7-10,14-15,17,21H,5-6,11-13,16H2,1-4H3,(H,27,31). The fourth-order valence-corrected chi connectivity index (χ4v) is 3.70. The minimum atomic E-state index is -0.517. The third-order valence-corrected chi connectivity index (χ3v) is 5.68. The fraction of sp³-hybridized carbons (Fsp3) is 0.500. The Labute approximate surface area is 195 Å². The molecule has 178 valence electrons. The molecule has 1 saturated heterocycles. The molecular weight excluding hydrogens is 422 g/mol.